The zero-order chi connectivity index (χ0) is 15.4. The van der Waals surface area contributed by atoms with E-state index in [-0.39, 0.29) is 5.91 Å². The van der Waals surface area contributed by atoms with Gasteiger partial charge in [-0.3, -0.25) is 4.79 Å². The van der Waals surface area contributed by atoms with Crippen molar-refractivity contribution in [2.75, 3.05) is 17.6 Å². The third-order valence-corrected chi connectivity index (χ3v) is 5.83. The van der Waals surface area contributed by atoms with Gasteiger partial charge in [0.25, 0.3) is 0 Å². The van der Waals surface area contributed by atoms with Gasteiger partial charge in [0, 0.05) is 18.3 Å². The van der Waals surface area contributed by atoms with Crippen LogP contribution in [0.2, 0.25) is 0 Å². The van der Waals surface area contributed by atoms with Gasteiger partial charge in [0.05, 0.1) is 5.75 Å². The minimum absolute atomic E-state index is 0.174. The van der Waals surface area contributed by atoms with E-state index < -0.39 is 0 Å². The van der Waals surface area contributed by atoms with Crippen LogP contribution in [0, 0.1) is 0 Å². The van der Waals surface area contributed by atoms with Crippen molar-refractivity contribution in [3.8, 4) is 0 Å². The lowest BCUT2D eigenvalue weighted by molar-refractivity contribution is -0.126. The number of carbonyl (C=O) groups is 1. The maximum atomic E-state index is 12.4. The molecule has 0 spiro atoms. The third-order valence-electron chi connectivity index (χ3n) is 3.86. The molecule has 0 aliphatic heterocycles. The Hall–Kier alpha value is -1.08. The SMILES string of the molecule is CCN(C(=O)CSc1nnc(NC2CC2)s1)C1=CCCCC1. The summed E-state index contributed by atoms with van der Waals surface area (Å²) in [5, 5.41) is 12.5. The van der Waals surface area contributed by atoms with E-state index in [9.17, 15) is 4.79 Å². The summed E-state index contributed by atoms with van der Waals surface area (Å²) in [6.45, 7) is 2.79. The van der Waals surface area contributed by atoms with E-state index in [4.69, 9.17) is 0 Å². The lowest BCUT2D eigenvalue weighted by Crippen LogP contribution is -2.32. The Balaban J connectivity index is 1.51. The standard InChI is InChI=1S/C15H22N4OS2/c1-2-19(12-6-4-3-5-7-12)13(20)10-21-15-18-17-14(22-15)16-11-8-9-11/h6,11H,2-5,7-10H2,1H3,(H,16,17). The first-order valence-electron chi connectivity index (χ1n) is 7.98. The molecule has 0 aromatic carbocycles. The summed E-state index contributed by atoms with van der Waals surface area (Å²) in [6, 6.07) is 0.584. The second-order valence-corrected chi connectivity index (χ2v) is 7.86. The van der Waals surface area contributed by atoms with E-state index in [0.29, 0.717) is 11.8 Å². The number of amides is 1. The molecule has 1 amide bonds. The molecule has 3 rings (SSSR count). The summed E-state index contributed by atoms with van der Waals surface area (Å²) in [6.07, 6.45) is 9.22. The van der Waals surface area contributed by atoms with Crippen molar-refractivity contribution in [3.63, 3.8) is 0 Å². The van der Waals surface area contributed by atoms with Crippen LogP contribution in [-0.2, 0) is 4.79 Å². The van der Waals surface area contributed by atoms with Gasteiger partial charge in [-0.05, 0) is 45.4 Å². The van der Waals surface area contributed by atoms with Crippen molar-refractivity contribution in [2.24, 2.45) is 0 Å². The van der Waals surface area contributed by atoms with Crippen LogP contribution in [-0.4, -0.2) is 39.3 Å². The molecule has 1 saturated carbocycles. The zero-order valence-corrected chi connectivity index (χ0v) is 14.5. The largest absolute Gasteiger partial charge is 0.357 e. The lowest BCUT2D eigenvalue weighted by Gasteiger charge is -2.26. The van der Waals surface area contributed by atoms with Crippen LogP contribution >= 0.6 is 23.1 Å². The van der Waals surface area contributed by atoms with E-state index in [1.54, 1.807) is 11.3 Å². The number of hydrogen-bond acceptors (Lipinski definition) is 6. The Kier molecular flexibility index (Phi) is 5.36. The van der Waals surface area contributed by atoms with Crippen molar-refractivity contribution in [2.45, 2.75) is 55.8 Å². The van der Waals surface area contributed by atoms with Gasteiger partial charge < -0.3 is 10.2 Å². The van der Waals surface area contributed by atoms with Crippen LogP contribution in [0.15, 0.2) is 16.1 Å². The molecule has 1 aromatic rings. The maximum absolute atomic E-state index is 12.4. The highest BCUT2D eigenvalue weighted by atomic mass is 32.2. The number of allylic oxidation sites excluding steroid dienone is 2. The molecule has 120 valence electrons. The molecule has 0 atom stereocenters. The van der Waals surface area contributed by atoms with E-state index in [1.165, 1.54) is 43.1 Å². The molecule has 1 fully saturated rings. The quantitative estimate of drug-likeness (QED) is 0.771. The normalized spacial score (nSPS) is 18.0. The summed E-state index contributed by atoms with van der Waals surface area (Å²) in [7, 11) is 0. The number of anilines is 1. The van der Waals surface area contributed by atoms with Gasteiger partial charge in [-0.1, -0.05) is 29.2 Å². The van der Waals surface area contributed by atoms with Gasteiger partial charge in [0.15, 0.2) is 4.34 Å². The fourth-order valence-electron chi connectivity index (χ4n) is 2.54. The van der Waals surface area contributed by atoms with Gasteiger partial charge in [-0.15, -0.1) is 10.2 Å². The Bertz CT molecular complexity index is 553. The van der Waals surface area contributed by atoms with Crippen molar-refractivity contribution >= 4 is 34.1 Å². The van der Waals surface area contributed by atoms with Crippen LogP contribution in [0.3, 0.4) is 0 Å². The topological polar surface area (TPSA) is 58.1 Å². The summed E-state index contributed by atoms with van der Waals surface area (Å²) in [4.78, 5) is 14.4. The second kappa shape index (κ2) is 7.46. The number of hydrogen-bond donors (Lipinski definition) is 1. The molecule has 0 saturated heterocycles. The number of thioether (sulfide) groups is 1. The van der Waals surface area contributed by atoms with Crippen LogP contribution in [0.1, 0.15) is 45.4 Å². The van der Waals surface area contributed by atoms with Crippen molar-refractivity contribution < 1.29 is 4.79 Å². The molecule has 22 heavy (non-hydrogen) atoms. The monoisotopic (exact) mass is 338 g/mol. The Morgan fingerprint density at radius 1 is 1.45 bits per heavy atom. The summed E-state index contributed by atoms with van der Waals surface area (Å²) in [5.41, 5.74) is 1.20. The third kappa shape index (κ3) is 4.23. The number of aromatic nitrogens is 2. The van der Waals surface area contributed by atoms with Gasteiger partial charge in [-0.25, -0.2) is 0 Å². The van der Waals surface area contributed by atoms with Gasteiger partial charge in [-0.2, -0.15) is 0 Å². The Morgan fingerprint density at radius 2 is 2.32 bits per heavy atom. The molecule has 0 bridgehead atoms. The smallest absolute Gasteiger partial charge is 0.237 e. The molecular weight excluding hydrogens is 316 g/mol. The predicted octanol–water partition coefficient (Wildman–Crippen LogP) is 3.51. The van der Waals surface area contributed by atoms with E-state index in [1.807, 2.05) is 11.8 Å². The van der Waals surface area contributed by atoms with Crippen LogP contribution in [0.4, 0.5) is 5.13 Å². The number of carbonyl (C=O) groups excluding carboxylic acids is 1. The lowest BCUT2D eigenvalue weighted by atomic mass is 10.0. The highest BCUT2D eigenvalue weighted by Crippen LogP contribution is 2.30. The first-order valence-corrected chi connectivity index (χ1v) is 9.78. The number of rotatable bonds is 7. The van der Waals surface area contributed by atoms with Gasteiger partial charge in [0.1, 0.15) is 0 Å². The van der Waals surface area contributed by atoms with E-state index in [0.717, 1.165) is 28.9 Å². The average molecular weight is 339 g/mol. The van der Waals surface area contributed by atoms with Gasteiger partial charge in [0.2, 0.25) is 11.0 Å². The fourth-order valence-corrected chi connectivity index (χ4v) is 4.24. The first kappa shape index (κ1) is 15.8. The summed E-state index contributed by atoms with van der Waals surface area (Å²) < 4.78 is 0.866. The average Bonchev–Trinajstić information content (AvgIpc) is 3.24. The molecule has 1 heterocycles. The molecule has 0 radical (unpaired) electrons. The molecule has 5 nitrogen and oxygen atoms in total. The van der Waals surface area contributed by atoms with Crippen LogP contribution in [0.25, 0.3) is 0 Å². The maximum Gasteiger partial charge on any atom is 0.237 e. The first-order chi connectivity index (χ1) is 10.8. The second-order valence-electron chi connectivity index (χ2n) is 5.66. The van der Waals surface area contributed by atoms with E-state index in [2.05, 4.69) is 21.6 Å². The zero-order valence-electron chi connectivity index (χ0n) is 12.9. The molecule has 0 unspecified atom stereocenters. The summed E-state index contributed by atoms with van der Waals surface area (Å²) >= 11 is 3.03. The molecule has 1 N–H and O–H groups in total. The minimum Gasteiger partial charge on any atom is -0.357 e. The fraction of sp³-hybridized carbons (Fsp3) is 0.667. The number of nitrogens with one attached hydrogen (secondary N) is 1. The van der Waals surface area contributed by atoms with Crippen LogP contribution in [0.5, 0.6) is 0 Å². The van der Waals surface area contributed by atoms with Crippen molar-refractivity contribution in [3.05, 3.63) is 11.8 Å². The molecule has 7 heteroatoms. The van der Waals surface area contributed by atoms with Gasteiger partial charge >= 0.3 is 0 Å². The molecular formula is C15H22N4OS2. The molecule has 1 aromatic heterocycles. The molecule has 2 aliphatic carbocycles. The number of nitrogens with zero attached hydrogens (tertiary/aromatic N) is 3. The predicted molar refractivity (Wildman–Crippen MR) is 91.2 cm³/mol. The minimum atomic E-state index is 0.174. The molecule has 2 aliphatic rings. The van der Waals surface area contributed by atoms with Crippen molar-refractivity contribution in [1.29, 1.82) is 0 Å². The summed E-state index contributed by atoms with van der Waals surface area (Å²) in [5.74, 6) is 0.607. The highest BCUT2D eigenvalue weighted by molar-refractivity contribution is 8.01. The highest BCUT2D eigenvalue weighted by Gasteiger charge is 2.23. The van der Waals surface area contributed by atoms with Crippen molar-refractivity contribution in [1.82, 2.24) is 15.1 Å². The Morgan fingerprint density at radius 3 is 3.00 bits per heavy atom. The van der Waals surface area contributed by atoms with Crippen LogP contribution < -0.4 is 5.32 Å². The Labute approximate surface area is 139 Å². The van der Waals surface area contributed by atoms with E-state index >= 15 is 0 Å².